The summed E-state index contributed by atoms with van der Waals surface area (Å²) >= 11 is 0. The Morgan fingerprint density at radius 3 is 2.47 bits per heavy atom. The van der Waals surface area contributed by atoms with Gasteiger partial charge >= 0.3 is 5.97 Å². The maximum atomic E-state index is 12.3. The van der Waals surface area contributed by atoms with Gasteiger partial charge < -0.3 is 14.9 Å². The summed E-state index contributed by atoms with van der Waals surface area (Å²) in [6, 6.07) is 0. The van der Waals surface area contributed by atoms with Crippen molar-refractivity contribution >= 4 is 17.8 Å². The lowest BCUT2D eigenvalue weighted by Gasteiger charge is -2.20. The Hall–Kier alpha value is -1.59. The molecular weight excluding hydrogens is 248 g/mol. The molecule has 1 N–H and O–H groups in total. The predicted molar refractivity (Wildman–Crippen MR) is 67.2 cm³/mol. The van der Waals surface area contributed by atoms with E-state index in [2.05, 4.69) is 0 Å². The second-order valence-corrected chi connectivity index (χ2v) is 5.50. The van der Waals surface area contributed by atoms with Crippen molar-refractivity contribution in [3.05, 3.63) is 0 Å². The van der Waals surface area contributed by atoms with E-state index in [0.717, 1.165) is 0 Å². The number of rotatable bonds is 3. The van der Waals surface area contributed by atoms with E-state index in [1.165, 1.54) is 0 Å². The molecule has 2 saturated heterocycles. The van der Waals surface area contributed by atoms with E-state index in [9.17, 15) is 14.4 Å². The monoisotopic (exact) mass is 268 g/mol. The van der Waals surface area contributed by atoms with Crippen LogP contribution in [0.3, 0.4) is 0 Å². The second kappa shape index (κ2) is 5.19. The minimum absolute atomic E-state index is 0.0166. The van der Waals surface area contributed by atoms with Crippen molar-refractivity contribution in [2.75, 3.05) is 26.2 Å². The van der Waals surface area contributed by atoms with Gasteiger partial charge in [-0.1, -0.05) is 6.92 Å². The molecule has 0 aromatic heterocycles. The highest BCUT2D eigenvalue weighted by molar-refractivity contribution is 5.89. The van der Waals surface area contributed by atoms with Crippen LogP contribution in [0.1, 0.15) is 20.3 Å². The molecule has 0 saturated carbocycles. The molecule has 6 heteroatoms. The van der Waals surface area contributed by atoms with E-state index in [-0.39, 0.29) is 36.6 Å². The molecule has 106 valence electrons. The first kappa shape index (κ1) is 13.8. The summed E-state index contributed by atoms with van der Waals surface area (Å²) in [5, 5.41) is 9.07. The third-order valence-electron chi connectivity index (χ3n) is 4.19. The van der Waals surface area contributed by atoms with E-state index in [1.807, 2.05) is 13.8 Å². The fourth-order valence-electron chi connectivity index (χ4n) is 2.97. The summed E-state index contributed by atoms with van der Waals surface area (Å²) in [6.07, 6.45) is 0.259. The summed E-state index contributed by atoms with van der Waals surface area (Å²) < 4.78 is 0. The number of carboxylic acid groups (broad SMARTS) is 1. The molecule has 19 heavy (non-hydrogen) atoms. The van der Waals surface area contributed by atoms with E-state index >= 15 is 0 Å². The Kier molecular flexibility index (Phi) is 3.78. The number of hydrogen-bond acceptors (Lipinski definition) is 3. The van der Waals surface area contributed by atoms with Crippen LogP contribution in [0.5, 0.6) is 0 Å². The summed E-state index contributed by atoms with van der Waals surface area (Å²) in [5.74, 6) is -1.71. The Bertz CT molecular complexity index is 409. The van der Waals surface area contributed by atoms with Crippen molar-refractivity contribution in [2.45, 2.75) is 20.3 Å². The first-order valence-corrected chi connectivity index (χ1v) is 6.73. The van der Waals surface area contributed by atoms with Crippen LogP contribution in [0.25, 0.3) is 0 Å². The minimum Gasteiger partial charge on any atom is -0.481 e. The topological polar surface area (TPSA) is 77.9 Å². The Morgan fingerprint density at radius 2 is 2.00 bits per heavy atom. The van der Waals surface area contributed by atoms with Gasteiger partial charge in [-0.15, -0.1) is 0 Å². The van der Waals surface area contributed by atoms with Crippen LogP contribution in [-0.4, -0.2) is 58.9 Å². The molecule has 0 aromatic rings. The largest absolute Gasteiger partial charge is 0.481 e. The van der Waals surface area contributed by atoms with Crippen molar-refractivity contribution < 1.29 is 19.5 Å². The van der Waals surface area contributed by atoms with Gasteiger partial charge in [0.1, 0.15) is 0 Å². The number of aliphatic carboxylic acids is 1. The number of likely N-dealkylation sites (tertiary alicyclic amines) is 2. The molecule has 3 atom stereocenters. The minimum atomic E-state index is -0.847. The number of hydrogen-bond donors (Lipinski definition) is 1. The predicted octanol–water partition coefficient (Wildman–Crippen LogP) is 0.0339. The molecule has 0 radical (unpaired) electrons. The third-order valence-corrected chi connectivity index (χ3v) is 4.19. The maximum Gasteiger partial charge on any atom is 0.308 e. The van der Waals surface area contributed by atoms with E-state index in [1.54, 1.807) is 9.80 Å². The van der Waals surface area contributed by atoms with Crippen molar-refractivity contribution in [3.63, 3.8) is 0 Å². The van der Waals surface area contributed by atoms with Crippen molar-refractivity contribution in [3.8, 4) is 0 Å². The second-order valence-electron chi connectivity index (χ2n) is 5.50. The van der Waals surface area contributed by atoms with Crippen molar-refractivity contribution in [1.29, 1.82) is 0 Å². The highest BCUT2D eigenvalue weighted by atomic mass is 16.4. The van der Waals surface area contributed by atoms with Gasteiger partial charge in [0.25, 0.3) is 0 Å². The van der Waals surface area contributed by atoms with Gasteiger partial charge in [0, 0.05) is 32.6 Å². The van der Waals surface area contributed by atoms with Gasteiger partial charge in [0.05, 0.1) is 11.8 Å². The molecule has 2 fully saturated rings. The van der Waals surface area contributed by atoms with Crippen LogP contribution in [0.15, 0.2) is 0 Å². The van der Waals surface area contributed by atoms with E-state index in [0.29, 0.717) is 19.6 Å². The van der Waals surface area contributed by atoms with Crippen molar-refractivity contribution in [2.24, 2.45) is 17.8 Å². The van der Waals surface area contributed by atoms with Crippen LogP contribution in [0, 0.1) is 17.8 Å². The summed E-state index contributed by atoms with van der Waals surface area (Å²) in [5.41, 5.74) is 0. The van der Waals surface area contributed by atoms with Gasteiger partial charge in [-0.2, -0.15) is 0 Å². The van der Waals surface area contributed by atoms with Crippen LogP contribution in [0.4, 0.5) is 0 Å². The van der Waals surface area contributed by atoms with Gasteiger partial charge in [-0.25, -0.2) is 0 Å². The number of amides is 2. The van der Waals surface area contributed by atoms with Gasteiger partial charge in [-0.05, 0) is 12.8 Å². The van der Waals surface area contributed by atoms with E-state index < -0.39 is 11.9 Å². The van der Waals surface area contributed by atoms with Crippen LogP contribution in [0.2, 0.25) is 0 Å². The number of carbonyl (C=O) groups is 3. The van der Waals surface area contributed by atoms with Crippen LogP contribution >= 0.6 is 0 Å². The zero-order valence-electron chi connectivity index (χ0n) is 11.3. The molecule has 6 nitrogen and oxygen atoms in total. The quantitative estimate of drug-likeness (QED) is 0.783. The molecule has 2 rings (SSSR count). The summed E-state index contributed by atoms with van der Waals surface area (Å²) in [4.78, 5) is 38.3. The number of carbonyl (C=O) groups excluding carboxylic acids is 2. The average molecular weight is 268 g/mol. The fraction of sp³-hybridized carbons (Fsp3) is 0.769. The number of carboxylic acids is 1. The van der Waals surface area contributed by atoms with Gasteiger partial charge in [0.2, 0.25) is 11.8 Å². The maximum absolute atomic E-state index is 12.3. The van der Waals surface area contributed by atoms with Crippen LogP contribution < -0.4 is 0 Å². The Morgan fingerprint density at radius 1 is 1.32 bits per heavy atom. The highest BCUT2D eigenvalue weighted by Crippen LogP contribution is 2.27. The van der Waals surface area contributed by atoms with Crippen LogP contribution in [-0.2, 0) is 14.4 Å². The lowest BCUT2D eigenvalue weighted by atomic mass is 9.99. The molecular formula is C13H20N2O4. The number of nitrogens with zero attached hydrogens (tertiary/aromatic N) is 2. The molecule has 0 aromatic carbocycles. The SMILES string of the molecule is CCN1CC(C(=O)N2C[C@@H](C)[C@H](C(=O)O)C2)CC1=O. The Balaban J connectivity index is 1.99. The third kappa shape index (κ3) is 2.57. The lowest BCUT2D eigenvalue weighted by molar-refractivity contribution is -0.142. The zero-order valence-corrected chi connectivity index (χ0v) is 11.3. The van der Waals surface area contributed by atoms with E-state index in [4.69, 9.17) is 5.11 Å². The first-order valence-electron chi connectivity index (χ1n) is 6.73. The summed E-state index contributed by atoms with van der Waals surface area (Å²) in [6.45, 7) is 5.58. The molecule has 0 spiro atoms. The molecule has 1 unspecified atom stereocenters. The van der Waals surface area contributed by atoms with Gasteiger partial charge in [-0.3, -0.25) is 14.4 Å². The molecule has 0 bridgehead atoms. The highest BCUT2D eigenvalue weighted by Gasteiger charge is 2.41. The summed E-state index contributed by atoms with van der Waals surface area (Å²) in [7, 11) is 0. The standard InChI is InChI=1S/C13H20N2O4/c1-3-14-6-9(4-11(14)16)12(17)15-5-8(2)10(7-15)13(18)19/h8-10H,3-7H2,1-2H3,(H,18,19)/t8-,9?,10-/m1/s1. The van der Waals surface area contributed by atoms with Gasteiger partial charge in [0.15, 0.2) is 0 Å². The molecule has 2 amide bonds. The molecule has 2 aliphatic heterocycles. The average Bonchev–Trinajstić information content (AvgIpc) is 2.91. The molecule has 0 aliphatic carbocycles. The molecule has 2 heterocycles. The lowest BCUT2D eigenvalue weighted by Crippen LogP contribution is -2.36. The smallest absolute Gasteiger partial charge is 0.308 e. The first-order chi connectivity index (χ1) is 8.93. The normalized spacial score (nSPS) is 31.1. The zero-order chi connectivity index (χ0) is 14.2. The van der Waals surface area contributed by atoms with Crippen molar-refractivity contribution in [1.82, 2.24) is 9.80 Å². The fourth-order valence-corrected chi connectivity index (χ4v) is 2.97. The molecule has 2 aliphatic rings. The Labute approximate surface area is 112 Å².